The highest BCUT2D eigenvalue weighted by Crippen LogP contribution is 2.33. The zero-order chi connectivity index (χ0) is 20.2. The maximum Gasteiger partial charge on any atom is 0.124 e. The summed E-state index contributed by atoms with van der Waals surface area (Å²) >= 11 is 1.78. The third-order valence-corrected chi connectivity index (χ3v) is 6.86. The SMILES string of the molecule is CCCCc1nc2c(s1)NC=c1cccnc1=C2N1CCN(C)C(CCOC)C1.Cl.Cl. The van der Waals surface area contributed by atoms with Crippen molar-refractivity contribution in [2.45, 2.75) is 38.6 Å². The van der Waals surface area contributed by atoms with Gasteiger partial charge in [0.2, 0.25) is 0 Å². The van der Waals surface area contributed by atoms with Crippen molar-refractivity contribution < 1.29 is 4.74 Å². The smallest absolute Gasteiger partial charge is 0.124 e. The van der Waals surface area contributed by atoms with Gasteiger partial charge >= 0.3 is 0 Å². The van der Waals surface area contributed by atoms with Gasteiger partial charge in [0.25, 0.3) is 0 Å². The Labute approximate surface area is 201 Å². The van der Waals surface area contributed by atoms with Crippen molar-refractivity contribution in [1.82, 2.24) is 19.8 Å². The van der Waals surface area contributed by atoms with Crippen molar-refractivity contribution in [3.8, 4) is 0 Å². The number of halogens is 2. The van der Waals surface area contributed by atoms with E-state index >= 15 is 0 Å². The third-order valence-electron chi connectivity index (χ3n) is 5.81. The molecule has 2 aromatic heterocycles. The lowest BCUT2D eigenvalue weighted by Crippen LogP contribution is -2.52. The number of fused-ring (bicyclic) bond motifs is 2. The Balaban J connectivity index is 0.00000171. The number of aromatic nitrogens is 2. The number of methoxy groups -OCH3 is 1. The first kappa shape index (κ1) is 25.9. The molecule has 31 heavy (non-hydrogen) atoms. The molecule has 1 unspecified atom stereocenters. The minimum Gasteiger partial charge on any atom is -0.385 e. The first-order valence-corrected chi connectivity index (χ1v) is 11.4. The molecule has 2 aliphatic heterocycles. The fraction of sp³-hybridized carbons (Fsp3) is 0.545. The van der Waals surface area contributed by atoms with Crippen molar-refractivity contribution in [3.05, 3.63) is 39.6 Å². The largest absolute Gasteiger partial charge is 0.385 e. The molecule has 0 amide bonds. The number of nitrogens with one attached hydrogen (secondary N) is 1. The van der Waals surface area contributed by atoms with Crippen LogP contribution in [-0.4, -0.2) is 66.2 Å². The molecule has 0 saturated carbocycles. The number of hydrogen-bond donors (Lipinski definition) is 1. The van der Waals surface area contributed by atoms with E-state index in [-0.39, 0.29) is 24.8 Å². The summed E-state index contributed by atoms with van der Waals surface area (Å²) in [7, 11) is 4.00. The molecule has 2 aliphatic rings. The molecule has 1 atom stereocenters. The molecule has 172 valence electrons. The molecule has 0 spiro atoms. The standard InChI is InChI=1S/C22H31N5OS.2ClH/c1-4-5-8-18-25-20-21(27-12-11-26(2)17(15-27)9-13-28-3)19-16(7-6-10-23-19)14-24-22(20)29-18;;/h6-7,10,14,17,24H,4-5,8-9,11-13,15H2,1-3H3;2*1H. The van der Waals surface area contributed by atoms with Crippen LogP contribution in [0.2, 0.25) is 0 Å². The topological polar surface area (TPSA) is 53.5 Å². The molecular formula is C22H33Cl2N5OS. The minimum absolute atomic E-state index is 0. The lowest BCUT2D eigenvalue weighted by atomic mass is 10.1. The quantitative estimate of drug-likeness (QED) is 0.650. The van der Waals surface area contributed by atoms with Crippen LogP contribution in [0.15, 0.2) is 18.3 Å². The Bertz CT molecular complexity index is 967. The second-order valence-electron chi connectivity index (χ2n) is 7.83. The van der Waals surface area contributed by atoms with E-state index in [9.17, 15) is 0 Å². The van der Waals surface area contributed by atoms with Gasteiger partial charge in [-0.1, -0.05) is 13.3 Å². The normalized spacial score (nSPS) is 18.0. The van der Waals surface area contributed by atoms with Gasteiger partial charge in [-0.3, -0.25) is 9.88 Å². The summed E-state index contributed by atoms with van der Waals surface area (Å²) in [4.78, 5) is 14.8. The number of nitrogens with zero attached hydrogens (tertiary/aromatic N) is 4. The second kappa shape index (κ2) is 12.0. The number of unbranched alkanes of at least 4 members (excludes halogenated alkanes) is 1. The number of thiazole rings is 1. The summed E-state index contributed by atoms with van der Waals surface area (Å²) in [5, 5.41) is 8.01. The molecule has 2 aromatic rings. The molecule has 0 radical (unpaired) electrons. The number of rotatable bonds is 7. The van der Waals surface area contributed by atoms with E-state index in [2.05, 4.69) is 41.4 Å². The van der Waals surface area contributed by atoms with Gasteiger partial charge in [0, 0.05) is 57.0 Å². The number of piperazine rings is 1. The second-order valence-corrected chi connectivity index (χ2v) is 8.91. The van der Waals surface area contributed by atoms with Crippen LogP contribution in [-0.2, 0) is 11.2 Å². The minimum atomic E-state index is 0. The number of hydrogen-bond acceptors (Lipinski definition) is 7. The highest BCUT2D eigenvalue weighted by molar-refractivity contribution is 7.16. The van der Waals surface area contributed by atoms with Crippen LogP contribution >= 0.6 is 36.2 Å². The van der Waals surface area contributed by atoms with Gasteiger partial charge in [-0.05, 0) is 38.4 Å². The van der Waals surface area contributed by atoms with E-state index in [1.54, 1.807) is 18.4 Å². The first-order chi connectivity index (χ1) is 14.2. The number of anilines is 1. The molecular weight excluding hydrogens is 453 g/mol. The first-order valence-electron chi connectivity index (χ1n) is 10.6. The van der Waals surface area contributed by atoms with E-state index in [4.69, 9.17) is 14.7 Å². The highest BCUT2D eigenvalue weighted by atomic mass is 35.5. The molecule has 0 bridgehead atoms. The summed E-state index contributed by atoms with van der Waals surface area (Å²) in [5.41, 5.74) is 2.23. The maximum atomic E-state index is 5.36. The average molecular weight is 487 g/mol. The van der Waals surface area contributed by atoms with Gasteiger partial charge in [0.1, 0.15) is 10.7 Å². The van der Waals surface area contributed by atoms with Crippen LogP contribution in [0.5, 0.6) is 0 Å². The predicted octanol–water partition coefficient (Wildman–Crippen LogP) is 2.70. The van der Waals surface area contributed by atoms with E-state index < -0.39 is 0 Å². The molecule has 6 nitrogen and oxygen atoms in total. The molecule has 0 aromatic carbocycles. The predicted molar refractivity (Wildman–Crippen MR) is 134 cm³/mol. The zero-order valence-electron chi connectivity index (χ0n) is 18.5. The van der Waals surface area contributed by atoms with Gasteiger partial charge in [-0.2, -0.15) is 0 Å². The molecule has 9 heteroatoms. The van der Waals surface area contributed by atoms with Gasteiger partial charge in [0.05, 0.1) is 16.1 Å². The summed E-state index contributed by atoms with van der Waals surface area (Å²) in [5.74, 6) is 0. The fourth-order valence-corrected chi connectivity index (χ4v) is 5.04. The van der Waals surface area contributed by atoms with E-state index in [0.29, 0.717) is 6.04 Å². The maximum absolute atomic E-state index is 5.36. The average Bonchev–Trinajstić information content (AvgIpc) is 3.07. The van der Waals surface area contributed by atoms with Crippen LogP contribution < -0.4 is 15.9 Å². The lowest BCUT2D eigenvalue weighted by Gasteiger charge is -2.41. The summed E-state index contributed by atoms with van der Waals surface area (Å²) in [6.07, 6.45) is 8.40. The molecule has 1 saturated heterocycles. The van der Waals surface area contributed by atoms with Crippen molar-refractivity contribution in [2.75, 3.05) is 45.7 Å². The number of likely N-dealkylation sites (N-methyl/N-ethyl adjacent to an activating group) is 1. The zero-order valence-corrected chi connectivity index (χ0v) is 20.9. The molecule has 4 rings (SSSR count). The van der Waals surface area contributed by atoms with Gasteiger partial charge in [-0.15, -0.1) is 36.2 Å². The van der Waals surface area contributed by atoms with Gasteiger partial charge in [0.15, 0.2) is 0 Å². The van der Waals surface area contributed by atoms with E-state index in [0.717, 1.165) is 60.3 Å². The summed E-state index contributed by atoms with van der Waals surface area (Å²) in [6.45, 7) is 5.98. The van der Waals surface area contributed by atoms with Crippen molar-refractivity contribution in [1.29, 1.82) is 0 Å². The molecule has 1 N–H and O–H groups in total. The Kier molecular flexibility index (Phi) is 10.0. The van der Waals surface area contributed by atoms with Gasteiger partial charge in [-0.25, -0.2) is 4.98 Å². The Morgan fingerprint density at radius 2 is 2.13 bits per heavy atom. The Morgan fingerprint density at radius 3 is 2.90 bits per heavy atom. The van der Waals surface area contributed by atoms with Crippen molar-refractivity contribution in [2.24, 2.45) is 0 Å². The van der Waals surface area contributed by atoms with E-state index in [1.807, 2.05) is 12.3 Å². The molecule has 4 heterocycles. The third kappa shape index (κ3) is 5.71. The van der Waals surface area contributed by atoms with Crippen LogP contribution in [0.1, 0.15) is 36.9 Å². The molecule has 0 aliphatic carbocycles. The van der Waals surface area contributed by atoms with Crippen molar-refractivity contribution >= 4 is 53.0 Å². The van der Waals surface area contributed by atoms with Crippen LogP contribution in [0, 0.1) is 0 Å². The van der Waals surface area contributed by atoms with Crippen LogP contribution in [0.25, 0.3) is 11.9 Å². The monoisotopic (exact) mass is 485 g/mol. The van der Waals surface area contributed by atoms with Crippen LogP contribution in [0.4, 0.5) is 5.00 Å². The number of ether oxygens (including phenoxy) is 1. The summed E-state index contributed by atoms with van der Waals surface area (Å²) in [6, 6.07) is 4.59. The Morgan fingerprint density at radius 1 is 1.29 bits per heavy atom. The van der Waals surface area contributed by atoms with Gasteiger partial charge < -0.3 is 15.0 Å². The number of aryl methyl sites for hydroxylation is 1. The van der Waals surface area contributed by atoms with Crippen molar-refractivity contribution in [3.63, 3.8) is 0 Å². The molecule has 1 fully saturated rings. The lowest BCUT2D eigenvalue weighted by molar-refractivity contribution is 0.0959. The van der Waals surface area contributed by atoms with E-state index in [1.165, 1.54) is 23.5 Å². The number of pyridine rings is 1. The van der Waals surface area contributed by atoms with Crippen LogP contribution in [0.3, 0.4) is 0 Å². The fourth-order valence-electron chi connectivity index (χ4n) is 4.06. The highest BCUT2D eigenvalue weighted by Gasteiger charge is 2.29. The summed E-state index contributed by atoms with van der Waals surface area (Å²) < 4.78 is 5.36. The Hall–Kier alpha value is -1.38.